The summed E-state index contributed by atoms with van der Waals surface area (Å²) in [5.41, 5.74) is 5.32. The summed E-state index contributed by atoms with van der Waals surface area (Å²) < 4.78 is 0. The van der Waals surface area contributed by atoms with E-state index in [0.29, 0.717) is 17.5 Å². The van der Waals surface area contributed by atoms with Crippen LogP contribution in [0.15, 0.2) is 12.3 Å². The molecule has 0 aromatic carbocycles. The zero-order chi connectivity index (χ0) is 6.69. The van der Waals surface area contributed by atoms with Gasteiger partial charge in [-0.15, -0.1) is 24.0 Å². The van der Waals surface area contributed by atoms with Gasteiger partial charge in [0.2, 0.25) is 0 Å². The van der Waals surface area contributed by atoms with E-state index < -0.39 is 0 Å². The number of nitrogens with zero attached hydrogens (tertiary/aromatic N) is 2. The van der Waals surface area contributed by atoms with Crippen molar-refractivity contribution in [3.63, 3.8) is 0 Å². The van der Waals surface area contributed by atoms with Crippen molar-refractivity contribution in [3.05, 3.63) is 18.1 Å². The first-order valence-corrected chi connectivity index (χ1v) is 3.00. The van der Waals surface area contributed by atoms with Gasteiger partial charge >= 0.3 is 0 Å². The minimum absolute atomic E-state index is 0. The van der Waals surface area contributed by atoms with E-state index in [-0.39, 0.29) is 12.4 Å². The molecule has 1 aromatic heterocycles. The van der Waals surface area contributed by atoms with Crippen LogP contribution in [0.1, 0.15) is 5.82 Å². The molecule has 56 valence electrons. The van der Waals surface area contributed by atoms with Crippen molar-refractivity contribution in [2.75, 3.05) is 5.73 Å². The quantitative estimate of drug-likeness (QED) is 0.661. The van der Waals surface area contributed by atoms with Crippen LogP contribution < -0.4 is 5.73 Å². The van der Waals surface area contributed by atoms with Crippen molar-refractivity contribution < 1.29 is 0 Å². The lowest BCUT2D eigenvalue weighted by atomic mass is 10.5. The number of aromatic nitrogens is 2. The first kappa shape index (κ1) is 9.46. The van der Waals surface area contributed by atoms with Gasteiger partial charge in [0, 0.05) is 6.20 Å². The Hall–Kier alpha value is -0.540. The van der Waals surface area contributed by atoms with E-state index in [0.717, 1.165) is 0 Å². The minimum atomic E-state index is 0. The van der Waals surface area contributed by atoms with Crippen molar-refractivity contribution in [3.8, 4) is 0 Å². The van der Waals surface area contributed by atoms with Crippen LogP contribution in [-0.4, -0.2) is 9.97 Å². The van der Waals surface area contributed by atoms with E-state index in [1.54, 1.807) is 12.3 Å². The molecule has 1 aromatic rings. The first-order valence-electron chi connectivity index (χ1n) is 2.46. The van der Waals surface area contributed by atoms with Gasteiger partial charge in [-0.3, -0.25) is 0 Å². The summed E-state index contributed by atoms with van der Waals surface area (Å²) in [4.78, 5) is 7.66. The van der Waals surface area contributed by atoms with Gasteiger partial charge < -0.3 is 5.73 Å². The van der Waals surface area contributed by atoms with Gasteiger partial charge in [-0.05, 0) is 6.07 Å². The Bertz CT molecular complexity index is 204. The van der Waals surface area contributed by atoms with E-state index in [1.165, 1.54) is 0 Å². The molecule has 0 aliphatic carbocycles. The summed E-state index contributed by atoms with van der Waals surface area (Å²) in [6, 6.07) is 1.62. The van der Waals surface area contributed by atoms with E-state index >= 15 is 0 Å². The highest BCUT2D eigenvalue weighted by molar-refractivity contribution is 6.16. The van der Waals surface area contributed by atoms with Crippen LogP contribution in [0.5, 0.6) is 0 Å². The Morgan fingerprint density at radius 3 is 2.70 bits per heavy atom. The zero-order valence-corrected chi connectivity index (χ0v) is 6.69. The van der Waals surface area contributed by atoms with Gasteiger partial charge in [0.25, 0.3) is 0 Å². The number of halogens is 2. The number of hydrogen-bond donors (Lipinski definition) is 1. The van der Waals surface area contributed by atoms with Crippen LogP contribution in [0, 0.1) is 0 Å². The minimum Gasteiger partial charge on any atom is -0.384 e. The molecule has 0 spiro atoms. The van der Waals surface area contributed by atoms with Gasteiger partial charge in [-0.2, -0.15) is 0 Å². The molecule has 0 saturated carbocycles. The van der Waals surface area contributed by atoms with Gasteiger partial charge in [0.15, 0.2) is 0 Å². The van der Waals surface area contributed by atoms with E-state index in [2.05, 4.69) is 9.97 Å². The topological polar surface area (TPSA) is 51.8 Å². The van der Waals surface area contributed by atoms with Gasteiger partial charge in [0.1, 0.15) is 11.6 Å². The summed E-state index contributed by atoms with van der Waals surface area (Å²) >= 11 is 5.42. The molecular weight excluding hydrogens is 173 g/mol. The standard InChI is InChI=1S/C5H6ClN3.ClH/c6-3-5-8-2-1-4(7)9-5;/h1-2H,3H2,(H2,7,8,9);1H. The third-order valence-corrected chi connectivity index (χ3v) is 1.09. The maximum atomic E-state index is 5.42. The van der Waals surface area contributed by atoms with E-state index in [9.17, 15) is 0 Å². The van der Waals surface area contributed by atoms with Gasteiger partial charge in [-0.1, -0.05) is 0 Å². The lowest BCUT2D eigenvalue weighted by molar-refractivity contribution is 1.04. The van der Waals surface area contributed by atoms with Gasteiger partial charge in [-0.25, -0.2) is 9.97 Å². The zero-order valence-electron chi connectivity index (χ0n) is 5.12. The second-order valence-corrected chi connectivity index (χ2v) is 1.80. The van der Waals surface area contributed by atoms with Crippen molar-refractivity contribution in [2.45, 2.75) is 5.88 Å². The fourth-order valence-corrected chi connectivity index (χ4v) is 0.608. The van der Waals surface area contributed by atoms with Crippen molar-refractivity contribution >= 4 is 29.8 Å². The molecule has 0 fully saturated rings. The van der Waals surface area contributed by atoms with Crippen LogP contribution in [-0.2, 0) is 5.88 Å². The number of nitrogen functional groups attached to an aromatic ring is 1. The Morgan fingerprint density at radius 2 is 2.30 bits per heavy atom. The average molecular weight is 180 g/mol. The summed E-state index contributed by atoms with van der Waals surface area (Å²) in [5, 5.41) is 0. The highest BCUT2D eigenvalue weighted by Gasteiger charge is 1.90. The second kappa shape index (κ2) is 4.30. The fraction of sp³-hybridized carbons (Fsp3) is 0.200. The fourth-order valence-electron chi connectivity index (χ4n) is 0.479. The Balaban J connectivity index is 0.000000810. The van der Waals surface area contributed by atoms with Gasteiger partial charge in [0.05, 0.1) is 5.88 Å². The maximum Gasteiger partial charge on any atom is 0.145 e. The van der Waals surface area contributed by atoms with Crippen LogP contribution in [0.2, 0.25) is 0 Å². The lowest BCUT2D eigenvalue weighted by Gasteiger charge is -1.92. The molecule has 0 aliphatic heterocycles. The summed E-state index contributed by atoms with van der Waals surface area (Å²) in [6.45, 7) is 0. The predicted molar refractivity (Wildman–Crippen MR) is 43.2 cm³/mol. The molecule has 5 heteroatoms. The molecule has 0 aliphatic rings. The van der Waals surface area contributed by atoms with Crippen LogP contribution in [0.3, 0.4) is 0 Å². The molecule has 0 atom stereocenters. The number of anilines is 1. The molecular formula is C5H7Cl2N3. The third-order valence-electron chi connectivity index (χ3n) is 0.847. The molecule has 1 rings (SSSR count). The number of nitrogens with two attached hydrogens (primary N) is 1. The first-order chi connectivity index (χ1) is 4.33. The lowest BCUT2D eigenvalue weighted by Crippen LogP contribution is -1.95. The third kappa shape index (κ3) is 2.37. The molecule has 0 amide bonds. The predicted octanol–water partition coefficient (Wildman–Crippen LogP) is 1.22. The molecule has 0 bridgehead atoms. The maximum absolute atomic E-state index is 5.42. The highest BCUT2D eigenvalue weighted by Crippen LogP contribution is 1.97. The Labute approximate surface area is 70.0 Å². The summed E-state index contributed by atoms with van der Waals surface area (Å²) in [7, 11) is 0. The second-order valence-electron chi connectivity index (χ2n) is 1.53. The molecule has 10 heavy (non-hydrogen) atoms. The largest absolute Gasteiger partial charge is 0.384 e. The molecule has 0 unspecified atom stereocenters. The normalized spacial score (nSPS) is 8.50. The monoisotopic (exact) mass is 179 g/mol. The Kier molecular flexibility index (Phi) is 4.07. The number of alkyl halides is 1. The van der Waals surface area contributed by atoms with Crippen molar-refractivity contribution in [1.29, 1.82) is 0 Å². The van der Waals surface area contributed by atoms with Crippen molar-refractivity contribution in [2.24, 2.45) is 0 Å². The van der Waals surface area contributed by atoms with Crippen molar-refractivity contribution in [1.82, 2.24) is 9.97 Å². The SMILES string of the molecule is Cl.Nc1ccnc(CCl)n1. The number of rotatable bonds is 1. The van der Waals surface area contributed by atoms with Crippen LogP contribution in [0.25, 0.3) is 0 Å². The molecule has 0 radical (unpaired) electrons. The van der Waals surface area contributed by atoms with Crippen LogP contribution >= 0.6 is 24.0 Å². The van der Waals surface area contributed by atoms with E-state index in [1.807, 2.05) is 0 Å². The Morgan fingerprint density at radius 1 is 1.60 bits per heavy atom. The average Bonchev–Trinajstić information content (AvgIpc) is 1.88. The van der Waals surface area contributed by atoms with Crippen LogP contribution in [0.4, 0.5) is 5.82 Å². The smallest absolute Gasteiger partial charge is 0.145 e. The molecule has 1 heterocycles. The summed E-state index contributed by atoms with van der Waals surface area (Å²) in [6.07, 6.45) is 1.58. The van der Waals surface area contributed by atoms with E-state index in [4.69, 9.17) is 17.3 Å². The number of hydrogen-bond acceptors (Lipinski definition) is 3. The molecule has 2 N–H and O–H groups in total. The molecule has 3 nitrogen and oxygen atoms in total. The molecule has 0 saturated heterocycles. The summed E-state index contributed by atoms with van der Waals surface area (Å²) in [5.74, 6) is 1.34. The highest BCUT2D eigenvalue weighted by atomic mass is 35.5.